The first-order valence-corrected chi connectivity index (χ1v) is 10.3. The number of unbranched alkanes of at least 4 members (excludes halogenated alkanes) is 10. The van der Waals surface area contributed by atoms with Gasteiger partial charge in [0, 0.05) is 6.16 Å². The summed E-state index contributed by atoms with van der Waals surface area (Å²) in [4.78, 5) is 11.7. The molecule has 1 atom stereocenters. The van der Waals surface area contributed by atoms with E-state index in [-0.39, 0.29) is 47.0 Å². The van der Waals surface area contributed by atoms with Gasteiger partial charge in [0.05, 0.1) is 6.61 Å². The maximum absolute atomic E-state index is 11.7. The Morgan fingerprint density at radius 3 is 1.71 bits per heavy atom. The van der Waals surface area contributed by atoms with Gasteiger partial charge in [-0.3, -0.25) is 0 Å². The number of hydrogen-bond acceptors (Lipinski definition) is 3. The van der Waals surface area contributed by atoms with Crippen molar-refractivity contribution in [2.75, 3.05) is 12.8 Å². The van der Waals surface area contributed by atoms with Gasteiger partial charge in [-0.15, -0.1) is 0 Å². The molecule has 0 aromatic rings. The van der Waals surface area contributed by atoms with Crippen LogP contribution in [0.4, 0.5) is 0 Å². The van der Waals surface area contributed by atoms with E-state index in [1.807, 2.05) is 0 Å². The largest absolute Gasteiger partial charge is 3.00 e. The van der Waals surface area contributed by atoms with E-state index in [1.165, 1.54) is 44.9 Å². The van der Waals surface area contributed by atoms with E-state index in [9.17, 15) is 9.46 Å². The molecule has 0 aliphatic carbocycles. The first-order valence-electron chi connectivity index (χ1n) is 8.57. The Labute approximate surface area is 165 Å². The summed E-state index contributed by atoms with van der Waals surface area (Å²) in [7, 11) is -3.56. The summed E-state index contributed by atoms with van der Waals surface area (Å²) in [5.74, 6) is 0. The first-order chi connectivity index (χ1) is 9.62. The van der Waals surface area contributed by atoms with Crippen molar-refractivity contribution in [3.8, 4) is 0 Å². The predicted octanol–water partition coefficient (Wildman–Crippen LogP) is 5.28. The van der Waals surface area contributed by atoms with Crippen LogP contribution in [0.3, 0.4) is 0 Å². The molecule has 0 rings (SSSR count). The Bertz CT molecular complexity index is 250. The molecule has 0 aliphatic heterocycles. The molecule has 1 radical (unpaired) electrons. The smallest absolute Gasteiger partial charge is 0.778 e. The van der Waals surface area contributed by atoms with Gasteiger partial charge in [-0.05, 0) is 12.8 Å². The molecule has 0 heterocycles. The second kappa shape index (κ2) is 17.8. The summed E-state index contributed by atoms with van der Waals surface area (Å²) in [5.41, 5.74) is 0. The van der Waals surface area contributed by atoms with Crippen LogP contribution in [-0.2, 0) is 9.09 Å². The molecule has 0 spiro atoms. The average Bonchev–Trinajstić information content (AvgIpc) is 2.41. The van der Waals surface area contributed by atoms with Gasteiger partial charge in [0.2, 0.25) is 0 Å². The van der Waals surface area contributed by atoms with E-state index >= 15 is 0 Å². The van der Waals surface area contributed by atoms with E-state index in [0.29, 0.717) is 6.61 Å². The molecule has 0 amide bonds. The number of hydrogen-bond donors (Lipinski definition) is 0. The molecular formula is C16H34NdO3P+2. The minimum Gasteiger partial charge on any atom is -0.778 e. The zero-order valence-corrected chi connectivity index (χ0v) is 18.2. The van der Waals surface area contributed by atoms with Crippen LogP contribution in [0.2, 0.25) is 0 Å². The van der Waals surface area contributed by atoms with Crippen molar-refractivity contribution >= 4 is 7.60 Å². The standard InChI is InChI=1S/C16H35O3P.Nd/c1-3-5-7-9-11-13-15-19-20(17,18)16-14-12-10-8-6-4-2;/h3-16H2,1-2H3,(H,17,18);/q;+3/p-1. The Kier molecular flexibility index (Phi) is 21.0. The fourth-order valence-corrected chi connectivity index (χ4v) is 3.38. The van der Waals surface area contributed by atoms with Gasteiger partial charge in [-0.2, -0.15) is 0 Å². The van der Waals surface area contributed by atoms with Crippen molar-refractivity contribution in [3.05, 3.63) is 0 Å². The second-order valence-corrected chi connectivity index (χ2v) is 7.63. The Hall–Kier alpha value is 1.50. The SMILES string of the molecule is CCCCCCCCOP(=O)([O-])CCCCCCCC.[Nd+3]. The van der Waals surface area contributed by atoms with E-state index in [0.717, 1.165) is 32.1 Å². The molecule has 1 unspecified atom stereocenters. The van der Waals surface area contributed by atoms with Crippen molar-refractivity contribution in [1.82, 2.24) is 0 Å². The quantitative estimate of drug-likeness (QED) is 0.252. The molecule has 0 aromatic heterocycles. The van der Waals surface area contributed by atoms with Gasteiger partial charge >= 0.3 is 40.8 Å². The topological polar surface area (TPSA) is 49.4 Å². The van der Waals surface area contributed by atoms with Crippen molar-refractivity contribution < 1.29 is 54.8 Å². The maximum atomic E-state index is 11.7. The van der Waals surface area contributed by atoms with Gasteiger partial charge in [0.15, 0.2) is 0 Å². The third kappa shape index (κ3) is 19.5. The average molecular weight is 450 g/mol. The Balaban J connectivity index is 0. The van der Waals surface area contributed by atoms with Crippen molar-refractivity contribution in [2.45, 2.75) is 90.9 Å². The van der Waals surface area contributed by atoms with Crippen LogP contribution in [-0.4, -0.2) is 12.8 Å². The third-order valence-corrected chi connectivity index (χ3v) is 5.01. The molecule has 5 heteroatoms. The van der Waals surface area contributed by atoms with Gasteiger partial charge in [-0.25, -0.2) is 0 Å². The molecule has 123 valence electrons. The number of rotatable bonds is 15. The van der Waals surface area contributed by atoms with Crippen molar-refractivity contribution in [1.29, 1.82) is 0 Å². The van der Waals surface area contributed by atoms with Crippen LogP contribution in [0.5, 0.6) is 0 Å². The molecule has 0 saturated carbocycles. The molecular weight excluding hydrogens is 415 g/mol. The van der Waals surface area contributed by atoms with Crippen LogP contribution in [0.25, 0.3) is 0 Å². The monoisotopic (exact) mass is 447 g/mol. The van der Waals surface area contributed by atoms with E-state index < -0.39 is 7.60 Å². The fraction of sp³-hybridized carbons (Fsp3) is 1.00. The molecule has 0 aromatic carbocycles. The molecule has 0 fully saturated rings. The van der Waals surface area contributed by atoms with Gasteiger partial charge in [0.25, 0.3) is 0 Å². The maximum Gasteiger partial charge on any atom is 3.00 e. The molecule has 0 bridgehead atoms. The zero-order valence-electron chi connectivity index (χ0n) is 14.1. The van der Waals surface area contributed by atoms with Crippen molar-refractivity contribution in [3.63, 3.8) is 0 Å². The van der Waals surface area contributed by atoms with Crippen LogP contribution >= 0.6 is 7.60 Å². The van der Waals surface area contributed by atoms with Crippen LogP contribution in [0, 0.1) is 40.8 Å². The van der Waals surface area contributed by atoms with Gasteiger partial charge in [0.1, 0.15) is 7.60 Å². The Morgan fingerprint density at radius 1 is 0.762 bits per heavy atom. The van der Waals surface area contributed by atoms with Gasteiger partial charge in [-0.1, -0.05) is 78.1 Å². The summed E-state index contributed by atoms with van der Waals surface area (Å²) in [6.07, 6.45) is 13.7. The van der Waals surface area contributed by atoms with Crippen LogP contribution in [0.1, 0.15) is 90.9 Å². The minimum absolute atomic E-state index is 0. The predicted molar refractivity (Wildman–Crippen MR) is 85.2 cm³/mol. The third-order valence-electron chi connectivity index (χ3n) is 3.57. The van der Waals surface area contributed by atoms with Gasteiger partial charge < -0.3 is 14.0 Å². The fourth-order valence-electron chi connectivity index (χ4n) is 2.24. The molecule has 0 N–H and O–H groups in total. The molecule has 21 heavy (non-hydrogen) atoms. The van der Waals surface area contributed by atoms with E-state index in [4.69, 9.17) is 4.52 Å². The summed E-state index contributed by atoms with van der Waals surface area (Å²) < 4.78 is 16.7. The van der Waals surface area contributed by atoms with E-state index in [2.05, 4.69) is 13.8 Å². The minimum atomic E-state index is -3.56. The van der Waals surface area contributed by atoms with Crippen LogP contribution < -0.4 is 4.89 Å². The van der Waals surface area contributed by atoms with Crippen LogP contribution in [0.15, 0.2) is 0 Å². The summed E-state index contributed by atoms with van der Waals surface area (Å²) in [5, 5.41) is 0. The second-order valence-electron chi connectivity index (χ2n) is 5.70. The first kappa shape index (κ1) is 24.7. The molecule has 0 aliphatic rings. The Morgan fingerprint density at radius 2 is 1.19 bits per heavy atom. The summed E-state index contributed by atoms with van der Waals surface area (Å²) >= 11 is 0. The summed E-state index contributed by atoms with van der Waals surface area (Å²) in [6, 6.07) is 0. The van der Waals surface area contributed by atoms with E-state index in [1.54, 1.807) is 0 Å². The van der Waals surface area contributed by atoms with Crippen molar-refractivity contribution in [2.24, 2.45) is 0 Å². The molecule has 3 nitrogen and oxygen atoms in total. The summed E-state index contributed by atoms with van der Waals surface area (Å²) in [6.45, 7) is 4.75. The normalized spacial score (nSPS) is 13.7. The molecule has 0 saturated heterocycles. The zero-order chi connectivity index (χ0) is 15.1.